The molecule has 2 heterocycles. The highest BCUT2D eigenvalue weighted by Crippen LogP contribution is 2.28. The lowest BCUT2D eigenvalue weighted by atomic mass is 10.0. The average molecular weight is 982 g/mol. The maximum atomic E-state index is 13.9. The van der Waals surface area contributed by atoms with E-state index in [1.54, 1.807) is 84.1 Å². The summed E-state index contributed by atoms with van der Waals surface area (Å²) < 4.78 is 12.2. The molecule has 0 aliphatic heterocycles. The molecule has 7 N–H and O–H groups in total. The van der Waals surface area contributed by atoms with Crippen LogP contribution in [0.15, 0.2) is 42.6 Å². The van der Waals surface area contributed by atoms with Crippen molar-refractivity contribution in [3.05, 3.63) is 66.6 Å². The maximum Gasteiger partial charge on any atom is 0.329 e. The van der Waals surface area contributed by atoms with E-state index >= 15 is 0 Å². The van der Waals surface area contributed by atoms with Crippen LogP contribution in [0.5, 0.6) is 5.75 Å². The fourth-order valence-electron chi connectivity index (χ4n) is 5.24. The first-order chi connectivity index (χ1) is 25.6. The highest BCUT2D eigenvalue weighted by molar-refractivity contribution is 14.1. The number of benzene rings is 2. The minimum absolute atomic E-state index is 0.00327. The molecule has 16 nitrogen and oxygen atoms in total. The maximum absolute atomic E-state index is 13.9. The summed E-state index contributed by atoms with van der Waals surface area (Å²) in [4.78, 5) is 72.4. The quantitative estimate of drug-likeness (QED) is 0.0922. The Kier molecular flexibility index (Phi) is 14.0. The zero-order chi connectivity index (χ0) is 40.8. The molecule has 0 fully saturated rings. The van der Waals surface area contributed by atoms with Crippen molar-refractivity contribution in [1.29, 1.82) is 0 Å². The van der Waals surface area contributed by atoms with Crippen molar-refractivity contribution < 1.29 is 33.8 Å². The molecule has 0 saturated carbocycles. The van der Waals surface area contributed by atoms with E-state index in [0.717, 1.165) is 5.69 Å². The van der Waals surface area contributed by atoms with E-state index in [1.807, 2.05) is 57.1 Å². The molecule has 0 bridgehead atoms. The van der Waals surface area contributed by atoms with E-state index in [2.05, 4.69) is 30.6 Å². The van der Waals surface area contributed by atoms with Gasteiger partial charge < -0.3 is 41.6 Å². The molecular formula is C37H45I2N9O7. The second-order valence-electron chi connectivity index (χ2n) is 14.8. The number of esters is 2. The third kappa shape index (κ3) is 12.7. The van der Waals surface area contributed by atoms with Crippen LogP contribution in [0, 0.1) is 7.14 Å². The molecule has 0 unspecified atom stereocenters. The molecule has 2 aromatic heterocycles. The van der Waals surface area contributed by atoms with Gasteiger partial charge in [0.05, 0.1) is 25.6 Å². The van der Waals surface area contributed by atoms with Gasteiger partial charge >= 0.3 is 11.9 Å². The molecule has 55 heavy (non-hydrogen) atoms. The number of nitrogens with two attached hydrogens (primary N) is 2. The highest BCUT2D eigenvalue weighted by Gasteiger charge is 2.32. The van der Waals surface area contributed by atoms with Crippen LogP contribution in [0.2, 0.25) is 0 Å². The lowest BCUT2D eigenvalue weighted by Crippen LogP contribution is -2.53. The van der Waals surface area contributed by atoms with Gasteiger partial charge in [0, 0.05) is 31.1 Å². The number of ether oxygens (including phenoxy) is 2. The van der Waals surface area contributed by atoms with Crippen LogP contribution >= 0.6 is 45.2 Å². The number of amides is 2. The molecule has 2 aromatic carbocycles. The summed E-state index contributed by atoms with van der Waals surface area (Å²) in [5, 5.41) is 15.8. The molecule has 4 aromatic rings. The van der Waals surface area contributed by atoms with Crippen LogP contribution in [0.25, 0.3) is 11.2 Å². The van der Waals surface area contributed by atoms with Gasteiger partial charge in [0.25, 0.3) is 5.91 Å². The number of fused-ring (bicyclic) bond motifs is 1. The van der Waals surface area contributed by atoms with Gasteiger partial charge in [-0.2, -0.15) is 9.97 Å². The van der Waals surface area contributed by atoms with Gasteiger partial charge in [-0.05, 0) is 135 Å². The molecule has 0 aliphatic rings. The van der Waals surface area contributed by atoms with Crippen LogP contribution in [0.1, 0.15) is 76.0 Å². The summed E-state index contributed by atoms with van der Waals surface area (Å²) in [6, 6.07) is 7.69. The van der Waals surface area contributed by atoms with Gasteiger partial charge in [-0.25, -0.2) is 14.8 Å². The van der Waals surface area contributed by atoms with Crippen molar-refractivity contribution in [3.8, 4) is 5.75 Å². The summed E-state index contributed by atoms with van der Waals surface area (Å²) >= 11 is 3.98. The Morgan fingerprint density at radius 1 is 0.891 bits per heavy atom. The van der Waals surface area contributed by atoms with Gasteiger partial charge in [0.15, 0.2) is 17.0 Å². The number of halogens is 2. The number of carbonyl (C=O) groups is 4. The Labute approximate surface area is 346 Å². The Hall–Kier alpha value is -4.60. The predicted molar refractivity (Wildman–Crippen MR) is 224 cm³/mol. The lowest BCUT2D eigenvalue weighted by Gasteiger charge is -2.27. The van der Waals surface area contributed by atoms with Gasteiger partial charge in [-0.1, -0.05) is 0 Å². The van der Waals surface area contributed by atoms with Crippen LogP contribution in [-0.2, 0) is 36.8 Å². The molecule has 0 radical (unpaired) electrons. The topological polar surface area (TPSA) is 238 Å². The van der Waals surface area contributed by atoms with Gasteiger partial charge in [-0.3, -0.25) is 14.4 Å². The molecule has 294 valence electrons. The Morgan fingerprint density at radius 2 is 1.51 bits per heavy atom. The fraction of sp³-hybridized carbons (Fsp3) is 0.405. The number of rotatable bonds is 13. The normalized spacial score (nSPS) is 12.7. The van der Waals surface area contributed by atoms with Crippen LogP contribution in [-0.4, -0.2) is 79.1 Å². The molecule has 0 aliphatic carbocycles. The number of nitrogens with one attached hydrogen (secondary N) is 2. The minimum Gasteiger partial charge on any atom is -0.506 e. The number of carbonyl (C=O) groups excluding carboxylic acids is 4. The third-order valence-corrected chi connectivity index (χ3v) is 9.32. The van der Waals surface area contributed by atoms with Crippen molar-refractivity contribution in [1.82, 2.24) is 30.6 Å². The summed E-state index contributed by atoms with van der Waals surface area (Å²) in [5.41, 5.74) is 12.9. The number of hydrogen-bond donors (Lipinski definition) is 5. The monoisotopic (exact) mass is 981 g/mol. The number of phenols is 1. The van der Waals surface area contributed by atoms with Crippen LogP contribution in [0.3, 0.4) is 0 Å². The first-order valence-electron chi connectivity index (χ1n) is 17.2. The molecule has 4 rings (SSSR count). The second kappa shape index (κ2) is 17.9. The number of aromatic hydroxyl groups is 1. The summed E-state index contributed by atoms with van der Waals surface area (Å²) in [6.07, 6.45) is 1.30. The van der Waals surface area contributed by atoms with E-state index in [4.69, 9.17) is 20.9 Å². The summed E-state index contributed by atoms with van der Waals surface area (Å²) in [6.45, 7) is 10.7. The molecule has 2 atom stereocenters. The van der Waals surface area contributed by atoms with Crippen molar-refractivity contribution in [2.45, 2.75) is 90.6 Å². The Bertz CT molecular complexity index is 2050. The van der Waals surface area contributed by atoms with Crippen molar-refractivity contribution in [2.24, 2.45) is 0 Å². The smallest absolute Gasteiger partial charge is 0.329 e. The molecule has 0 spiro atoms. The van der Waals surface area contributed by atoms with E-state index in [1.165, 1.54) is 0 Å². The SMILES string of the molecule is CN(Cc1cnc2nc(N)nc(N)c2n1)c1ccc(C(=O)N[C@@H](CCC(=O)OC(C)(C)C)C(=O)N[C@@H](Cc2cc(I)c(O)c(I)c2)C(=O)OC(C)(C)C)cc1. The van der Waals surface area contributed by atoms with Crippen LogP contribution < -0.4 is 27.0 Å². The molecule has 2 amide bonds. The third-order valence-electron chi connectivity index (χ3n) is 7.67. The first kappa shape index (κ1) is 43.1. The number of phenolic OH excluding ortho intramolecular Hbond substituents is 1. The zero-order valence-corrected chi connectivity index (χ0v) is 35.9. The van der Waals surface area contributed by atoms with E-state index < -0.39 is 47.0 Å². The molecule has 0 saturated heterocycles. The number of anilines is 3. The van der Waals surface area contributed by atoms with Crippen molar-refractivity contribution >= 4 is 97.6 Å². The zero-order valence-electron chi connectivity index (χ0n) is 31.6. The fourth-order valence-corrected chi connectivity index (χ4v) is 7.13. The first-order valence-corrected chi connectivity index (χ1v) is 19.3. The summed E-state index contributed by atoms with van der Waals surface area (Å²) in [5.74, 6) is -2.29. The molecular weight excluding hydrogens is 936 g/mol. The van der Waals surface area contributed by atoms with E-state index in [9.17, 15) is 24.3 Å². The van der Waals surface area contributed by atoms with Gasteiger partial charge in [0.1, 0.15) is 29.0 Å². The Morgan fingerprint density at radius 3 is 2.11 bits per heavy atom. The minimum atomic E-state index is -1.23. The van der Waals surface area contributed by atoms with Crippen molar-refractivity contribution in [2.75, 3.05) is 23.4 Å². The number of hydrogen-bond acceptors (Lipinski definition) is 14. The lowest BCUT2D eigenvalue weighted by molar-refractivity contribution is -0.159. The van der Waals surface area contributed by atoms with E-state index in [0.29, 0.717) is 30.5 Å². The average Bonchev–Trinajstić information content (AvgIpc) is 3.07. The van der Waals surface area contributed by atoms with E-state index in [-0.39, 0.29) is 48.0 Å². The largest absolute Gasteiger partial charge is 0.506 e. The van der Waals surface area contributed by atoms with Gasteiger partial charge in [0.2, 0.25) is 11.9 Å². The van der Waals surface area contributed by atoms with Crippen molar-refractivity contribution in [3.63, 3.8) is 0 Å². The second-order valence-corrected chi connectivity index (χ2v) is 17.1. The summed E-state index contributed by atoms with van der Waals surface area (Å²) in [7, 11) is 1.84. The highest BCUT2D eigenvalue weighted by atomic mass is 127. The Balaban J connectivity index is 1.53. The molecule has 18 heteroatoms. The number of nitrogen functional groups attached to an aromatic ring is 2. The van der Waals surface area contributed by atoms with Crippen LogP contribution in [0.4, 0.5) is 17.5 Å². The standard InChI is InChI=1S/C37H45I2N9O7/c1-36(2,3)54-27(49)13-12-25(33(52)45-26(34(53)55-37(4,5)6)16-19-14-23(38)29(50)24(39)15-19)44-32(51)20-8-10-22(11-9-20)48(7)18-21-17-42-31-28(43-21)30(40)46-35(41)47-31/h8-11,14-15,17,25-26,50H,12-13,16,18H2,1-7H3,(H,44,51)(H,45,52)(H4,40,41,42,46,47)/t25-,26-/m0/s1. The predicted octanol–water partition coefficient (Wildman–Crippen LogP) is 4.42. The van der Waals surface area contributed by atoms with Gasteiger partial charge in [-0.15, -0.1) is 0 Å². The number of nitrogens with zero attached hydrogens (tertiary/aromatic N) is 5. The number of aromatic nitrogens is 4.